The molecule has 3 heteroatoms. The lowest BCUT2D eigenvalue weighted by Crippen LogP contribution is -2.03. The zero-order valence-corrected chi connectivity index (χ0v) is 6.89. The molecule has 0 radical (unpaired) electrons. The molecular weight excluding hydrogens is 128 g/mol. The first-order valence-electron chi connectivity index (χ1n) is 3.78. The van der Waals surface area contributed by atoms with E-state index in [1.807, 2.05) is 13.8 Å². The van der Waals surface area contributed by atoms with Gasteiger partial charge in [-0.3, -0.25) is 4.79 Å². The molecule has 1 amide bonds. The average Bonchev–Trinajstić information content (AvgIpc) is 2.48. The van der Waals surface area contributed by atoms with Gasteiger partial charge in [0.2, 0.25) is 6.41 Å². The SMILES string of the molecule is C1CCNC1.CC.NC=O. The second kappa shape index (κ2) is 15.8. The molecule has 1 rings (SSSR count). The van der Waals surface area contributed by atoms with Crippen molar-refractivity contribution in [1.82, 2.24) is 5.32 Å². The van der Waals surface area contributed by atoms with Gasteiger partial charge < -0.3 is 11.1 Å². The van der Waals surface area contributed by atoms with Crippen LogP contribution in [0.3, 0.4) is 0 Å². The van der Waals surface area contributed by atoms with E-state index in [1.165, 1.54) is 25.9 Å². The molecule has 0 atom stereocenters. The Bertz CT molecular complexity index is 46.0. The van der Waals surface area contributed by atoms with E-state index in [4.69, 9.17) is 4.79 Å². The molecule has 0 aromatic carbocycles. The molecule has 3 nitrogen and oxygen atoms in total. The van der Waals surface area contributed by atoms with Crippen molar-refractivity contribution in [2.45, 2.75) is 26.7 Å². The fraction of sp³-hybridized carbons (Fsp3) is 0.857. The third kappa shape index (κ3) is 15.7. The van der Waals surface area contributed by atoms with Crippen LogP contribution in [-0.2, 0) is 4.79 Å². The Balaban J connectivity index is 0. The Kier molecular flexibility index (Phi) is 19.2. The Morgan fingerprint density at radius 2 is 1.60 bits per heavy atom. The summed E-state index contributed by atoms with van der Waals surface area (Å²) in [6.07, 6.45) is 3.03. The average molecular weight is 146 g/mol. The summed E-state index contributed by atoms with van der Waals surface area (Å²) in [6.45, 7) is 6.50. The number of nitrogens with two attached hydrogens (primary N) is 1. The summed E-state index contributed by atoms with van der Waals surface area (Å²) < 4.78 is 0. The number of rotatable bonds is 0. The van der Waals surface area contributed by atoms with Gasteiger partial charge in [0, 0.05) is 0 Å². The van der Waals surface area contributed by atoms with Gasteiger partial charge in [-0.1, -0.05) is 13.8 Å². The number of primary amides is 1. The predicted molar refractivity (Wildman–Crippen MR) is 43.7 cm³/mol. The highest BCUT2D eigenvalue weighted by molar-refractivity contribution is 5.42. The standard InChI is InChI=1S/C4H9N.C2H6.CH3NO/c1-2-4-5-3-1;1-2;2-1-3/h5H,1-4H2;1-2H3;1H,(H2,2,3). The molecule has 1 aliphatic rings. The summed E-state index contributed by atoms with van der Waals surface area (Å²) in [5.41, 5.74) is 4.17. The van der Waals surface area contributed by atoms with Crippen LogP contribution in [0.2, 0.25) is 0 Å². The number of hydrogen-bond acceptors (Lipinski definition) is 2. The van der Waals surface area contributed by atoms with Crippen molar-refractivity contribution in [2.24, 2.45) is 5.73 Å². The van der Waals surface area contributed by atoms with Crippen molar-refractivity contribution in [1.29, 1.82) is 0 Å². The van der Waals surface area contributed by atoms with Gasteiger partial charge in [0.15, 0.2) is 0 Å². The van der Waals surface area contributed by atoms with E-state index < -0.39 is 0 Å². The lowest BCUT2D eigenvalue weighted by atomic mass is 10.4. The van der Waals surface area contributed by atoms with Crippen LogP contribution >= 0.6 is 0 Å². The molecule has 0 aliphatic carbocycles. The lowest BCUT2D eigenvalue weighted by Gasteiger charge is -1.76. The second-order valence-corrected chi connectivity index (χ2v) is 1.59. The van der Waals surface area contributed by atoms with Crippen molar-refractivity contribution < 1.29 is 4.79 Å². The number of hydrogen-bond donors (Lipinski definition) is 2. The van der Waals surface area contributed by atoms with Gasteiger partial charge in [-0.2, -0.15) is 0 Å². The molecule has 1 saturated heterocycles. The molecule has 0 saturated carbocycles. The topological polar surface area (TPSA) is 55.1 Å². The quantitative estimate of drug-likeness (QED) is 0.489. The maximum absolute atomic E-state index is 8.58. The monoisotopic (exact) mass is 146 g/mol. The summed E-state index contributed by atoms with van der Waals surface area (Å²) in [5, 5.41) is 3.22. The van der Waals surface area contributed by atoms with Crippen LogP contribution in [0, 0.1) is 0 Å². The van der Waals surface area contributed by atoms with Crippen molar-refractivity contribution >= 4 is 6.41 Å². The first kappa shape index (κ1) is 12.1. The third-order valence-corrected chi connectivity index (χ3v) is 0.957. The van der Waals surface area contributed by atoms with E-state index in [0.717, 1.165) is 0 Å². The molecule has 3 N–H and O–H groups in total. The van der Waals surface area contributed by atoms with Crippen LogP contribution in [0.25, 0.3) is 0 Å². The van der Waals surface area contributed by atoms with E-state index in [0.29, 0.717) is 0 Å². The summed E-state index contributed by atoms with van der Waals surface area (Å²) >= 11 is 0. The molecule has 0 bridgehead atoms. The smallest absolute Gasteiger partial charge is 0.204 e. The van der Waals surface area contributed by atoms with Crippen molar-refractivity contribution in [3.8, 4) is 0 Å². The van der Waals surface area contributed by atoms with Gasteiger partial charge in [-0.25, -0.2) is 0 Å². The first-order valence-corrected chi connectivity index (χ1v) is 3.78. The zero-order valence-electron chi connectivity index (χ0n) is 6.89. The fourth-order valence-electron chi connectivity index (χ4n) is 0.625. The molecule has 10 heavy (non-hydrogen) atoms. The van der Waals surface area contributed by atoms with Crippen molar-refractivity contribution in [3.05, 3.63) is 0 Å². The molecular formula is C7H18N2O. The summed E-state index contributed by atoms with van der Waals surface area (Å²) in [7, 11) is 0. The minimum absolute atomic E-state index is 0.250. The highest BCUT2D eigenvalue weighted by Gasteiger charge is 1.93. The Morgan fingerprint density at radius 3 is 1.70 bits per heavy atom. The minimum atomic E-state index is 0.250. The van der Waals surface area contributed by atoms with E-state index in [-0.39, 0.29) is 6.41 Å². The maximum atomic E-state index is 8.58. The third-order valence-electron chi connectivity index (χ3n) is 0.957. The van der Waals surface area contributed by atoms with Crippen LogP contribution in [-0.4, -0.2) is 19.5 Å². The summed E-state index contributed by atoms with van der Waals surface area (Å²) in [5.74, 6) is 0. The molecule has 1 aliphatic heterocycles. The Hall–Kier alpha value is -0.570. The van der Waals surface area contributed by atoms with E-state index >= 15 is 0 Å². The van der Waals surface area contributed by atoms with Gasteiger partial charge in [0.05, 0.1) is 0 Å². The van der Waals surface area contributed by atoms with Crippen LogP contribution in [0.1, 0.15) is 26.7 Å². The highest BCUT2D eigenvalue weighted by Crippen LogP contribution is 1.90. The normalized spacial score (nSPS) is 13.8. The molecule has 0 aromatic heterocycles. The molecule has 62 valence electrons. The van der Waals surface area contributed by atoms with Gasteiger partial charge in [-0.05, 0) is 25.9 Å². The Morgan fingerprint density at radius 1 is 1.30 bits per heavy atom. The summed E-state index contributed by atoms with van der Waals surface area (Å²) in [6, 6.07) is 0. The Labute approximate surface area is 63.0 Å². The largest absolute Gasteiger partial charge is 0.372 e. The van der Waals surface area contributed by atoms with Crippen LogP contribution < -0.4 is 11.1 Å². The van der Waals surface area contributed by atoms with E-state index in [1.54, 1.807) is 0 Å². The van der Waals surface area contributed by atoms with Gasteiger partial charge >= 0.3 is 0 Å². The lowest BCUT2D eigenvalue weighted by molar-refractivity contribution is -0.106. The first-order chi connectivity index (χ1) is 4.91. The predicted octanol–water partition coefficient (Wildman–Crippen LogP) is 0.497. The maximum Gasteiger partial charge on any atom is 0.204 e. The number of nitrogens with one attached hydrogen (secondary N) is 1. The van der Waals surface area contributed by atoms with Gasteiger partial charge in [0.1, 0.15) is 0 Å². The van der Waals surface area contributed by atoms with E-state index in [9.17, 15) is 0 Å². The minimum Gasteiger partial charge on any atom is -0.372 e. The second-order valence-electron chi connectivity index (χ2n) is 1.59. The van der Waals surface area contributed by atoms with Crippen LogP contribution in [0.5, 0.6) is 0 Å². The highest BCUT2D eigenvalue weighted by atomic mass is 16.1. The number of carbonyl (C=O) groups excluding carboxylic acids is 1. The van der Waals surface area contributed by atoms with Crippen LogP contribution in [0.4, 0.5) is 0 Å². The number of carbonyl (C=O) groups is 1. The zero-order chi connectivity index (χ0) is 8.24. The molecule has 0 spiro atoms. The fourth-order valence-corrected chi connectivity index (χ4v) is 0.625. The van der Waals surface area contributed by atoms with Gasteiger partial charge in [0.25, 0.3) is 0 Å². The molecule has 0 unspecified atom stereocenters. The van der Waals surface area contributed by atoms with Gasteiger partial charge in [-0.15, -0.1) is 0 Å². The summed E-state index contributed by atoms with van der Waals surface area (Å²) in [4.78, 5) is 8.58. The number of amides is 1. The van der Waals surface area contributed by atoms with Crippen LogP contribution in [0.15, 0.2) is 0 Å². The molecule has 1 fully saturated rings. The molecule has 1 heterocycles. The van der Waals surface area contributed by atoms with Crippen molar-refractivity contribution in [3.63, 3.8) is 0 Å². The van der Waals surface area contributed by atoms with E-state index in [2.05, 4.69) is 11.1 Å². The van der Waals surface area contributed by atoms with Crippen molar-refractivity contribution in [2.75, 3.05) is 13.1 Å². The molecule has 0 aromatic rings.